The average molecular weight is 418 g/mol. The lowest BCUT2D eigenvalue weighted by Gasteiger charge is -2.23. The lowest BCUT2D eigenvalue weighted by atomic mass is 9.86. The number of anilines is 2. The van der Waals surface area contributed by atoms with Gasteiger partial charge in [0, 0.05) is 48.3 Å². The lowest BCUT2D eigenvalue weighted by molar-refractivity contribution is 0.0949. The van der Waals surface area contributed by atoms with Gasteiger partial charge in [-0.2, -0.15) is 0 Å². The molecule has 0 aliphatic heterocycles. The summed E-state index contributed by atoms with van der Waals surface area (Å²) in [5, 5.41) is 9.15. The van der Waals surface area contributed by atoms with Crippen molar-refractivity contribution in [1.82, 2.24) is 20.6 Å². The van der Waals surface area contributed by atoms with E-state index in [1.165, 1.54) is 0 Å². The Morgan fingerprint density at radius 2 is 1.87 bits per heavy atom. The predicted molar refractivity (Wildman–Crippen MR) is 122 cm³/mol. The van der Waals surface area contributed by atoms with Crippen molar-refractivity contribution in [3.05, 3.63) is 66.1 Å². The number of carbonyl (C=O) groups is 2. The summed E-state index contributed by atoms with van der Waals surface area (Å²) in [6, 6.07) is 13.5. The number of hydrogen-bond acceptors (Lipinski definition) is 4. The van der Waals surface area contributed by atoms with Gasteiger partial charge in [-0.15, -0.1) is 0 Å². The van der Waals surface area contributed by atoms with E-state index in [2.05, 4.69) is 25.9 Å². The van der Waals surface area contributed by atoms with Crippen molar-refractivity contribution < 1.29 is 9.59 Å². The lowest BCUT2D eigenvalue weighted by Crippen LogP contribution is -2.42. The molecule has 2 amide bonds. The first-order chi connectivity index (χ1) is 15.0. The van der Waals surface area contributed by atoms with Crippen LogP contribution in [0.3, 0.4) is 0 Å². The molecule has 0 saturated heterocycles. The van der Waals surface area contributed by atoms with Crippen LogP contribution >= 0.6 is 0 Å². The molecule has 1 unspecified atom stereocenters. The Morgan fingerprint density at radius 3 is 2.58 bits per heavy atom. The number of rotatable bonds is 6. The second-order valence-corrected chi connectivity index (χ2v) is 8.16. The summed E-state index contributed by atoms with van der Waals surface area (Å²) in [6.07, 6.45) is 4.57. The van der Waals surface area contributed by atoms with E-state index in [0.29, 0.717) is 24.9 Å². The van der Waals surface area contributed by atoms with Gasteiger partial charge in [-0.3, -0.25) is 9.78 Å². The summed E-state index contributed by atoms with van der Waals surface area (Å²) in [4.78, 5) is 32.7. The molecule has 7 nitrogen and oxygen atoms in total. The molecule has 2 heterocycles. The van der Waals surface area contributed by atoms with E-state index in [1.807, 2.05) is 56.3 Å². The predicted octanol–water partition coefficient (Wildman–Crippen LogP) is 4.27. The van der Waals surface area contributed by atoms with Crippen molar-refractivity contribution in [2.24, 2.45) is 5.92 Å². The number of amides is 2. The smallest absolute Gasteiger partial charge is 0.314 e. The fraction of sp³-hybridized carbons (Fsp3) is 0.292. The maximum absolute atomic E-state index is 13.2. The summed E-state index contributed by atoms with van der Waals surface area (Å²) in [6.45, 7) is 4.28. The number of H-pyrrole nitrogens is 1. The van der Waals surface area contributed by atoms with Crippen molar-refractivity contribution >= 4 is 23.2 Å². The van der Waals surface area contributed by atoms with Gasteiger partial charge < -0.3 is 20.9 Å². The summed E-state index contributed by atoms with van der Waals surface area (Å²) in [5.41, 5.74) is 5.15. The number of nitrogens with zero attached hydrogens (tertiary/aromatic N) is 1. The minimum Gasteiger partial charge on any atom is -0.356 e. The standard InChI is InChI=1S/C24H27N5O2/c1-15(2)27-24(31)26-14-16-12-19-21(20(30)13-16)23(28-18-6-4-3-5-7-18)22(29-19)17-8-10-25-11-9-17/h3-11,15-16,28-29H,12-14H2,1-2H3,(H2,26,27,31). The van der Waals surface area contributed by atoms with E-state index < -0.39 is 0 Å². The van der Waals surface area contributed by atoms with E-state index in [1.54, 1.807) is 12.4 Å². The number of carbonyl (C=O) groups excluding carboxylic acids is 2. The summed E-state index contributed by atoms with van der Waals surface area (Å²) >= 11 is 0. The Balaban J connectivity index is 1.62. The van der Waals surface area contributed by atoms with Gasteiger partial charge >= 0.3 is 6.03 Å². The number of hydrogen-bond donors (Lipinski definition) is 4. The first-order valence-corrected chi connectivity index (χ1v) is 10.6. The van der Waals surface area contributed by atoms with Crippen LogP contribution in [0, 0.1) is 5.92 Å². The highest BCUT2D eigenvalue weighted by Crippen LogP contribution is 2.39. The largest absolute Gasteiger partial charge is 0.356 e. The molecular formula is C24H27N5O2. The first-order valence-electron chi connectivity index (χ1n) is 10.6. The van der Waals surface area contributed by atoms with Crippen LogP contribution in [0.4, 0.5) is 16.2 Å². The SMILES string of the molecule is CC(C)NC(=O)NCC1CC(=O)c2c([nH]c(-c3ccncc3)c2Nc2ccccc2)C1. The molecule has 0 radical (unpaired) electrons. The Morgan fingerprint density at radius 1 is 1.13 bits per heavy atom. The van der Waals surface area contributed by atoms with Crippen molar-refractivity contribution in [2.45, 2.75) is 32.7 Å². The summed E-state index contributed by atoms with van der Waals surface area (Å²) in [5.74, 6) is 0.124. The number of para-hydroxylation sites is 1. The highest BCUT2D eigenvalue weighted by molar-refractivity contribution is 6.07. The zero-order chi connectivity index (χ0) is 21.8. The summed E-state index contributed by atoms with van der Waals surface area (Å²) in [7, 11) is 0. The number of ketones is 1. The van der Waals surface area contributed by atoms with E-state index in [4.69, 9.17) is 0 Å². The van der Waals surface area contributed by atoms with Crippen molar-refractivity contribution in [3.63, 3.8) is 0 Å². The zero-order valence-electron chi connectivity index (χ0n) is 17.7. The minimum atomic E-state index is -0.205. The van der Waals surface area contributed by atoms with Gasteiger partial charge in [-0.1, -0.05) is 18.2 Å². The number of nitrogens with one attached hydrogen (secondary N) is 4. The second kappa shape index (κ2) is 9.04. The van der Waals surface area contributed by atoms with Crippen LogP contribution in [0.5, 0.6) is 0 Å². The second-order valence-electron chi connectivity index (χ2n) is 8.16. The number of aromatic nitrogens is 2. The van der Waals surface area contributed by atoms with Crippen molar-refractivity contribution in [2.75, 3.05) is 11.9 Å². The summed E-state index contributed by atoms with van der Waals surface area (Å²) < 4.78 is 0. The van der Waals surface area contributed by atoms with Crippen LogP contribution in [0.15, 0.2) is 54.9 Å². The van der Waals surface area contributed by atoms with Gasteiger partial charge in [-0.05, 0) is 50.5 Å². The number of Topliss-reactive ketones (excluding diaryl/α,β-unsaturated/α-hetero) is 1. The molecule has 1 aliphatic rings. The van der Waals surface area contributed by atoms with Crippen LogP contribution in [0.25, 0.3) is 11.3 Å². The number of benzene rings is 1. The van der Waals surface area contributed by atoms with Crippen molar-refractivity contribution in [3.8, 4) is 11.3 Å². The van der Waals surface area contributed by atoms with Crippen LogP contribution in [0.1, 0.15) is 36.3 Å². The quantitative estimate of drug-likeness (QED) is 0.481. The van der Waals surface area contributed by atoms with Gasteiger partial charge in [0.05, 0.1) is 16.9 Å². The maximum Gasteiger partial charge on any atom is 0.314 e. The number of urea groups is 1. The molecule has 0 saturated carbocycles. The van der Waals surface area contributed by atoms with Crippen LogP contribution in [-0.4, -0.2) is 34.4 Å². The molecule has 160 valence electrons. The Hall–Kier alpha value is -3.61. The molecule has 2 aromatic heterocycles. The van der Waals surface area contributed by atoms with Gasteiger partial charge in [-0.25, -0.2) is 4.79 Å². The molecule has 0 fully saturated rings. The molecule has 7 heteroatoms. The van der Waals surface area contributed by atoms with Crippen LogP contribution in [0.2, 0.25) is 0 Å². The minimum absolute atomic E-state index is 0.0476. The first kappa shape index (κ1) is 20.7. The fourth-order valence-corrected chi connectivity index (χ4v) is 3.96. The highest BCUT2D eigenvalue weighted by Gasteiger charge is 2.32. The monoisotopic (exact) mass is 417 g/mol. The number of aromatic amines is 1. The van der Waals surface area contributed by atoms with E-state index in [0.717, 1.165) is 28.3 Å². The normalized spacial score (nSPS) is 15.5. The highest BCUT2D eigenvalue weighted by atomic mass is 16.2. The molecule has 31 heavy (non-hydrogen) atoms. The number of pyridine rings is 1. The molecule has 0 spiro atoms. The Bertz CT molecular complexity index is 1060. The van der Waals surface area contributed by atoms with Gasteiger partial charge in [0.25, 0.3) is 0 Å². The fourth-order valence-electron chi connectivity index (χ4n) is 3.96. The Labute approximate surface area is 181 Å². The average Bonchev–Trinajstić information content (AvgIpc) is 3.12. The van der Waals surface area contributed by atoms with Gasteiger partial charge in [0.2, 0.25) is 0 Å². The maximum atomic E-state index is 13.2. The molecular weight excluding hydrogens is 390 g/mol. The molecule has 3 aromatic rings. The molecule has 1 atom stereocenters. The molecule has 0 bridgehead atoms. The van der Waals surface area contributed by atoms with Crippen molar-refractivity contribution in [1.29, 1.82) is 0 Å². The Kier molecular flexibility index (Phi) is 6.02. The van der Waals surface area contributed by atoms with Gasteiger partial charge in [0.15, 0.2) is 5.78 Å². The van der Waals surface area contributed by atoms with Crippen LogP contribution < -0.4 is 16.0 Å². The van der Waals surface area contributed by atoms with E-state index in [9.17, 15) is 9.59 Å². The number of fused-ring (bicyclic) bond motifs is 1. The van der Waals surface area contributed by atoms with E-state index in [-0.39, 0.29) is 23.8 Å². The van der Waals surface area contributed by atoms with Crippen LogP contribution in [-0.2, 0) is 6.42 Å². The molecule has 4 N–H and O–H groups in total. The topological polar surface area (TPSA) is 98.9 Å². The third kappa shape index (κ3) is 4.77. The van der Waals surface area contributed by atoms with E-state index >= 15 is 0 Å². The zero-order valence-corrected chi connectivity index (χ0v) is 17.7. The molecule has 4 rings (SSSR count). The third-order valence-corrected chi connectivity index (χ3v) is 5.31. The third-order valence-electron chi connectivity index (χ3n) is 5.31. The van der Waals surface area contributed by atoms with Gasteiger partial charge in [0.1, 0.15) is 0 Å². The molecule has 1 aliphatic carbocycles. The molecule has 1 aromatic carbocycles.